The van der Waals surface area contributed by atoms with Crippen LogP contribution in [0.3, 0.4) is 0 Å². The van der Waals surface area contributed by atoms with Gasteiger partial charge in [-0.25, -0.2) is 0 Å². The van der Waals surface area contributed by atoms with Crippen molar-refractivity contribution in [3.8, 4) is 0 Å². The van der Waals surface area contributed by atoms with Crippen LogP contribution < -0.4 is 0 Å². The summed E-state index contributed by atoms with van der Waals surface area (Å²) in [5, 5.41) is 30.4. The van der Waals surface area contributed by atoms with Crippen LogP contribution in [-0.2, 0) is 0 Å². The van der Waals surface area contributed by atoms with Crippen LogP contribution in [0.2, 0.25) is 0 Å². The number of hydrogen-bond acceptors (Lipinski definition) is 3. The van der Waals surface area contributed by atoms with Crippen molar-refractivity contribution < 1.29 is 15.3 Å². The third-order valence-corrected chi connectivity index (χ3v) is 6.41. The van der Waals surface area contributed by atoms with Crippen molar-refractivity contribution >= 4 is 0 Å². The number of fused-ring (bicyclic) bond motifs is 1. The Balaban J connectivity index is 2.38. The molecule has 0 saturated heterocycles. The van der Waals surface area contributed by atoms with Crippen LogP contribution in [0.15, 0.2) is 0 Å². The van der Waals surface area contributed by atoms with Crippen molar-refractivity contribution in [2.45, 2.75) is 71.5 Å². The van der Waals surface area contributed by atoms with Crippen LogP contribution in [0.1, 0.15) is 59.8 Å². The van der Waals surface area contributed by atoms with E-state index in [2.05, 4.69) is 20.8 Å². The van der Waals surface area contributed by atoms with Gasteiger partial charge in [0.25, 0.3) is 0 Å². The second kappa shape index (κ2) is 4.71. The van der Waals surface area contributed by atoms with Crippen LogP contribution in [0.4, 0.5) is 0 Å². The zero-order valence-corrected chi connectivity index (χ0v) is 12.8. The van der Waals surface area contributed by atoms with Crippen LogP contribution in [0.25, 0.3) is 0 Å². The zero-order valence-electron chi connectivity index (χ0n) is 12.8. The van der Waals surface area contributed by atoms with E-state index in [9.17, 15) is 15.3 Å². The average molecular weight is 270 g/mol. The van der Waals surface area contributed by atoms with Gasteiger partial charge in [0.15, 0.2) is 0 Å². The lowest BCUT2D eigenvalue weighted by Crippen LogP contribution is -2.60. The second-order valence-electron chi connectivity index (χ2n) is 7.89. The lowest BCUT2D eigenvalue weighted by atomic mass is 9.44. The van der Waals surface area contributed by atoms with Crippen molar-refractivity contribution in [3.05, 3.63) is 0 Å². The lowest BCUT2D eigenvalue weighted by Gasteiger charge is -2.62. The Kier molecular flexibility index (Phi) is 3.79. The molecule has 112 valence electrons. The smallest absolute Gasteiger partial charge is 0.0654 e. The highest BCUT2D eigenvalue weighted by Crippen LogP contribution is 2.62. The minimum Gasteiger partial charge on any atom is -0.396 e. The topological polar surface area (TPSA) is 60.7 Å². The second-order valence-corrected chi connectivity index (χ2v) is 7.89. The maximum Gasteiger partial charge on any atom is 0.0654 e. The maximum absolute atomic E-state index is 10.7. The van der Waals surface area contributed by atoms with Gasteiger partial charge in [-0.3, -0.25) is 0 Å². The normalized spacial score (nSPS) is 49.7. The quantitative estimate of drug-likeness (QED) is 0.722. The van der Waals surface area contributed by atoms with Gasteiger partial charge in [-0.15, -0.1) is 0 Å². The van der Waals surface area contributed by atoms with E-state index in [1.807, 2.05) is 6.92 Å². The molecule has 3 heteroatoms. The summed E-state index contributed by atoms with van der Waals surface area (Å²) in [5.41, 5.74) is -0.767. The van der Waals surface area contributed by atoms with E-state index in [0.717, 1.165) is 25.7 Å². The highest BCUT2D eigenvalue weighted by molar-refractivity contribution is 5.09. The summed E-state index contributed by atoms with van der Waals surface area (Å²) in [6.07, 6.45) is 3.90. The molecule has 0 aromatic rings. The first-order valence-electron chi connectivity index (χ1n) is 7.67. The molecule has 0 spiro atoms. The number of aliphatic hydroxyl groups is 3. The minimum atomic E-state index is -0.688. The molecule has 3 N–H and O–H groups in total. The summed E-state index contributed by atoms with van der Waals surface area (Å²) in [5.74, 6) is 0.538. The van der Waals surface area contributed by atoms with E-state index in [1.165, 1.54) is 0 Å². The molecule has 0 aromatic carbocycles. The Morgan fingerprint density at radius 2 is 1.68 bits per heavy atom. The molecule has 5 atom stereocenters. The van der Waals surface area contributed by atoms with Crippen molar-refractivity contribution in [3.63, 3.8) is 0 Å². The molecule has 1 unspecified atom stereocenters. The largest absolute Gasteiger partial charge is 0.396 e. The van der Waals surface area contributed by atoms with Gasteiger partial charge in [-0.1, -0.05) is 20.8 Å². The molecule has 19 heavy (non-hydrogen) atoms. The maximum atomic E-state index is 10.7. The van der Waals surface area contributed by atoms with E-state index in [0.29, 0.717) is 12.3 Å². The fourth-order valence-electron chi connectivity index (χ4n) is 5.29. The van der Waals surface area contributed by atoms with Gasteiger partial charge in [0.1, 0.15) is 0 Å². The van der Waals surface area contributed by atoms with E-state index in [1.54, 1.807) is 0 Å². The first-order valence-corrected chi connectivity index (χ1v) is 7.67. The Morgan fingerprint density at radius 1 is 1.05 bits per heavy atom. The van der Waals surface area contributed by atoms with Gasteiger partial charge in [0.05, 0.1) is 11.7 Å². The molecule has 0 amide bonds. The summed E-state index contributed by atoms with van der Waals surface area (Å²) < 4.78 is 0. The standard InChI is InChI=1S/C16H30O3/c1-14(2)11-5-9-16(4,19)12(7-10-17)15(11,3)8-6-13(14)18/h11-13,17-19H,5-10H2,1-4H3/t11?,12-,13+,15+,16-/m1/s1. The third kappa shape index (κ3) is 2.24. The minimum absolute atomic E-state index is 0.0210. The summed E-state index contributed by atoms with van der Waals surface area (Å²) in [6, 6.07) is 0. The Hall–Kier alpha value is -0.120. The van der Waals surface area contributed by atoms with E-state index in [4.69, 9.17) is 0 Å². The molecule has 2 aliphatic rings. The predicted molar refractivity (Wildman–Crippen MR) is 75.7 cm³/mol. The zero-order chi connectivity index (χ0) is 14.5. The fraction of sp³-hybridized carbons (Fsp3) is 1.00. The Morgan fingerprint density at radius 3 is 2.26 bits per heavy atom. The van der Waals surface area contributed by atoms with Crippen LogP contribution in [-0.4, -0.2) is 33.6 Å². The molecule has 2 aliphatic carbocycles. The molecule has 3 nitrogen and oxygen atoms in total. The molecule has 2 fully saturated rings. The van der Waals surface area contributed by atoms with Gasteiger partial charge >= 0.3 is 0 Å². The molecular formula is C16H30O3. The molecule has 0 heterocycles. The Labute approximate surface area is 117 Å². The van der Waals surface area contributed by atoms with E-state index in [-0.39, 0.29) is 29.5 Å². The first-order chi connectivity index (χ1) is 8.66. The average Bonchev–Trinajstić information content (AvgIpc) is 2.29. The Bertz CT molecular complexity index is 333. The van der Waals surface area contributed by atoms with E-state index >= 15 is 0 Å². The number of hydrogen-bond donors (Lipinski definition) is 3. The van der Waals surface area contributed by atoms with Gasteiger partial charge in [0, 0.05) is 6.61 Å². The molecule has 2 rings (SSSR count). The molecular weight excluding hydrogens is 240 g/mol. The summed E-state index contributed by atoms with van der Waals surface area (Å²) >= 11 is 0. The summed E-state index contributed by atoms with van der Waals surface area (Å²) in [6.45, 7) is 8.64. The van der Waals surface area contributed by atoms with Crippen molar-refractivity contribution in [2.24, 2.45) is 22.7 Å². The van der Waals surface area contributed by atoms with E-state index < -0.39 is 5.60 Å². The number of aliphatic hydroxyl groups excluding tert-OH is 2. The molecule has 0 aliphatic heterocycles. The number of rotatable bonds is 2. The van der Waals surface area contributed by atoms with Gasteiger partial charge < -0.3 is 15.3 Å². The predicted octanol–water partition coefficient (Wildman–Crippen LogP) is 2.33. The summed E-state index contributed by atoms with van der Waals surface area (Å²) in [7, 11) is 0. The highest BCUT2D eigenvalue weighted by atomic mass is 16.3. The first kappa shape index (κ1) is 15.3. The lowest BCUT2D eigenvalue weighted by molar-refractivity contribution is -0.197. The molecule has 0 aromatic heterocycles. The van der Waals surface area contributed by atoms with Gasteiger partial charge in [-0.05, 0) is 61.7 Å². The third-order valence-electron chi connectivity index (χ3n) is 6.41. The van der Waals surface area contributed by atoms with Crippen molar-refractivity contribution in [2.75, 3.05) is 6.61 Å². The van der Waals surface area contributed by atoms with Crippen LogP contribution in [0, 0.1) is 22.7 Å². The van der Waals surface area contributed by atoms with Gasteiger partial charge in [0.2, 0.25) is 0 Å². The monoisotopic (exact) mass is 270 g/mol. The van der Waals surface area contributed by atoms with Crippen LogP contribution >= 0.6 is 0 Å². The van der Waals surface area contributed by atoms with Crippen molar-refractivity contribution in [1.82, 2.24) is 0 Å². The van der Waals surface area contributed by atoms with Gasteiger partial charge in [-0.2, -0.15) is 0 Å². The molecule has 0 radical (unpaired) electrons. The summed E-state index contributed by atoms with van der Waals surface area (Å²) in [4.78, 5) is 0. The molecule has 0 bridgehead atoms. The highest BCUT2D eigenvalue weighted by Gasteiger charge is 2.59. The molecule has 2 saturated carbocycles. The SMILES string of the molecule is CC1(C)C2CC[C@@](C)(O)[C@H](CCO)[C@@]2(C)CC[C@@H]1O. The van der Waals surface area contributed by atoms with Crippen molar-refractivity contribution in [1.29, 1.82) is 0 Å². The fourth-order valence-corrected chi connectivity index (χ4v) is 5.29. The van der Waals surface area contributed by atoms with Crippen LogP contribution in [0.5, 0.6) is 0 Å².